The molecular formula is C23H27NO4. The summed E-state index contributed by atoms with van der Waals surface area (Å²) >= 11 is 0. The summed E-state index contributed by atoms with van der Waals surface area (Å²) in [4.78, 5) is 23.6. The van der Waals surface area contributed by atoms with Gasteiger partial charge in [-0.15, -0.1) is 0 Å². The molecule has 2 N–H and O–H groups in total. The van der Waals surface area contributed by atoms with E-state index in [1.165, 1.54) is 0 Å². The monoisotopic (exact) mass is 381 g/mol. The first-order valence-electron chi connectivity index (χ1n) is 9.76. The Labute approximate surface area is 165 Å². The van der Waals surface area contributed by atoms with Gasteiger partial charge in [0, 0.05) is 11.5 Å². The van der Waals surface area contributed by atoms with Gasteiger partial charge in [-0.25, -0.2) is 0 Å². The lowest BCUT2D eigenvalue weighted by Crippen LogP contribution is -2.35. The fourth-order valence-corrected chi connectivity index (χ4v) is 3.85. The molecular weight excluding hydrogens is 354 g/mol. The van der Waals surface area contributed by atoms with E-state index in [0.29, 0.717) is 25.7 Å². The Bertz CT molecular complexity index is 823. The molecule has 148 valence electrons. The van der Waals surface area contributed by atoms with Gasteiger partial charge in [0.15, 0.2) is 0 Å². The number of nitrogens with one attached hydrogen (secondary N) is 1. The van der Waals surface area contributed by atoms with Crippen LogP contribution >= 0.6 is 0 Å². The smallest absolute Gasteiger partial charge is 0.306 e. The van der Waals surface area contributed by atoms with Gasteiger partial charge >= 0.3 is 5.97 Å². The Balaban J connectivity index is 1.61. The van der Waals surface area contributed by atoms with Gasteiger partial charge in [0.25, 0.3) is 0 Å². The number of hydrogen-bond acceptors (Lipinski definition) is 3. The van der Waals surface area contributed by atoms with Crippen molar-refractivity contribution in [3.8, 4) is 16.9 Å². The first kappa shape index (κ1) is 19.9. The second-order valence-electron chi connectivity index (χ2n) is 7.44. The number of carboxylic acid groups (broad SMARTS) is 1. The summed E-state index contributed by atoms with van der Waals surface area (Å²) < 4.78 is 5.43. The summed E-state index contributed by atoms with van der Waals surface area (Å²) in [6.45, 7) is 1.97. The minimum absolute atomic E-state index is 0.0187. The average Bonchev–Trinajstić information content (AvgIpc) is 2.73. The number of carboxylic acids is 1. The van der Waals surface area contributed by atoms with E-state index in [0.717, 1.165) is 22.4 Å². The first-order chi connectivity index (χ1) is 13.5. The summed E-state index contributed by atoms with van der Waals surface area (Å²) in [6, 6.07) is 15.9. The highest BCUT2D eigenvalue weighted by atomic mass is 16.5. The second kappa shape index (κ2) is 8.91. The SMILES string of the molecule is COc1ccccc1-c1ccc(C(C)NC(=O)C2CCC(C(=O)O)CC2)cc1. The number of amides is 1. The molecule has 0 bridgehead atoms. The standard InChI is InChI=1S/C23H27NO4/c1-15(24-22(25)18-11-13-19(14-12-18)23(26)27)16-7-9-17(10-8-16)20-5-3-4-6-21(20)28-2/h3-10,15,18-19H,11-14H2,1-2H3,(H,24,25)(H,26,27). The molecule has 0 radical (unpaired) electrons. The number of rotatable bonds is 6. The molecule has 1 amide bonds. The Hall–Kier alpha value is -2.82. The minimum Gasteiger partial charge on any atom is -0.496 e. The lowest BCUT2D eigenvalue weighted by Gasteiger charge is -2.26. The molecule has 1 fully saturated rings. The molecule has 0 spiro atoms. The molecule has 1 unspecified atom stereocenters. The number of methoxy groups -OCH3 is 1. The number of benzene rings is 2. The molecule has 0 saturated heterocycles. The predicted octanol–water partition coefficient (Wildman–Crippen LogP) is 4.43. The maximum Gasteiger partial charge on any atom is 0.306 e. The quantitative estimate of drug-likeness (QED) is 0.776. The van der Waals surface area contributed by atoms with Gasteiger partial charge in [0.1, 0.15) is 5.75 Å². The molecule has 1 aliphatic carbocycles. The van der Waals surface area contributed by atoms with E-state index >= 15 is 0 Å². The number of carbonyl (C=O) groups excluding carboxylic acids is 1. The summed E-state index contributed by atoms with van der Waals surface area (Å²) in [5.74, 6) is -0.295. The van der Waals surface area contributed by atoms with Crippen LogP contribution in [0.25, 0.3) is 11.1 Å². The molecule has 1 saturated carbocycles. The summed E-state index contributed by atoms with van der Waals surface area (Å²) in [6.07, 6.45) is 2.44. The molecule has 5 nitrogen and oxygen atoms in total. The third-order valence-electron chi connectivity index (χ3n) is 5.63. The Kier molecular flexibility index (Phi) is 6.34. The van der Waals surface area contributed by atoms with Crippen LogP contribution in [0.5, 0.6) is 5.75 Å². The zero-order chi connectivity index (χ0) is 20.1. The highest BCUT2D eigenvalue weighted by molar-refractivity contribution is 5.80. The molecule has 0 heterocycles. The molecule has 2 aromatic rings. The van der Waals surface area contributed by atoms with Crippen LogP contribution in [0.4, 0.5) is 0 Å². The molecule has 0 aromatic heterocycles. The molecule has 28 heavy (non-hydrogen) atoms. The number of para-hydroxylation sites is 1. The average molecular weight is 381 g/mol. The van der Waals surface area contributed by atoms with Crippen LogP contribution in [-0.4, -0.2) is 24.1 Å². The number of hydrogen-bond donors (Lipinski definition) is 2. The van der Waals surface area contributed by atoms with E-state index in [1.54, 1.807) is 7.11 Å². The third kappa shape index (κ3) is 4.53. The van der Waals surface area contributed by atoms with Crippen LogP contribution < -0.4 is 10.1 Å². The maximum absolute atomic E-state index is 12.6. The fraction of sp³-hybridized carbons (Fsp3) is 0.391. The van der Waals surface area contributed by atoms with E-state index in [4.69, 9.17) is 9.84 Å². The molecule has 3 rings (SSSR count). The van der Waals surface area contributed by atoms with Crippen molar-refractivity contribution in [1.29, 1.82) is 0 Å². The first-order valence-corrected chi connectivity index (χ1v) is 9.76. The lowest BCUT2D eigenvalue weighted by atomic mass is 9.81. The number of ether oxygens (including phenoxy) is 1. The Morgan fingerprint density at radius 2 is 1.61 bits per heavy atom. The zero-order valence-electron chi connectivity index (χ0n) is 16.4. The predicted molar refractivity (Wildman–Crippen MR) is 108 cm³/mol. The van der Waals surface area contributed by atoms with Crippen molar-refractivity contribution in [2.24, 2.45) is 11.8 Å². The second-order valence-corrected chi connectivity index (χ2v) is 7.44. The molecule has 0 aliphatic heterocycles. The van der Waals surface area contributed by atoms with Crippen LogP contribution in [0.15, 0.2) is 48.5 Å². The molecule has 2 aromatic carbocycles. The maximum atomic E-state index is 12.6. The van der Waals surface area contributed by atoms with Crippen molar-refractivity contribution in [2.45, 2.75) is 38.6 Å². The van der Waals surface area contributed by atoms with Gasteiger partial charge < -0.3 is 15.2 Å². The van der Waals surface area contributed by atoms with Crippen LogP contribution in [-0.2, 0) is 9.59 Å². The van der Waals surface area contributed by atoms with Gasteiger partial charge in [-0.1, -0.05) is 42.5 Å². The summed E-state index contributed by atoms with van der Waals surface area (Å²) in [5.41, 5.74) is 3.13. The van der Waals surface area contributed by atoms with Crippen molar-refractivity contribution >= 4 is 11.9 Å². The molecule has 5 heteroatoms. The van der Waals surface area contributed by atoms with Crippen LogP contribution in [0.1, 0.15) is 44.2 Å². The van der Waals surface area contributed by atoms with Gasteiger partial charge in [-0.3, -0.25) is 9.59 Å². The summed E-state index contributed by atoms with van der Waals surface area (Å²) in [5, 5.41) is 12.2. The fourth-order valence-electron chi connectivity index (χ4n) is 3.85. The normalized spacial score (nSPS) is 20.2. The van der Waals surface area contributed by atoms with E-state index in [9.17, 15) is 9.59 Å². The van der Waals surface area contributed by atoms with Crippen molar-refractivity contribution in [1.82, 2.24) is 5.32 Å². The highest BCUT2D eigenvalue weighted by Gasteiger charge is 2.30. The van der Waals surface area contributed by atoms with Crippen LogP contribution in [0, 0.1) is 11.8 Å². The van der Waals surface area contributed by atoms with Gasteiger partial charge in [-0.05, 0) is 49.8 Å². The van der Waals surface area contributed by atoms with E-state index in [2.05, 4.69) is 5.32 Å². The van der Waals surface area contributed by atoms with Gasteiger partial charge in [0.05, 0.1) is 19.1 Å². The van der Waals surface area contributed by atoms with E-state index in [-0.39, 0.29) is 23.8 Å². The third-order valence-corrected chi connectivity index (χ3v) is 5.63. The van der Waals surface area contributed by atoms with Gasteiger partial charge in [0.2, 0.25) is 5.91 Å². The Morgan fingerprint density at radius 1 is 1.00 bits per heavy atom. The number of aliphatic carboxylic acids is 1. The van der Waals surface area contributed by atoms with Crippen molar-refractivity contribution in [2.75, 3.05) is 7.11 Å². The van der Waals surface area contributed by atoms with E-state index in [1.807, 2.05) is 55.5 Å². The minimum atomic E-state index is -0.748. The van der Waals surface area contributed by atoms with Crippen molar-refractivity contribution in [3.05, 3.63) is 54.1 Å². The van der Waals surface area contributed by atoms with Crippen LogP contribution in [0.2, 0.25) is 0 Å². The highest BCUT2D eigenvalue weighted by Crippen LogP contribution is 2.31. The lowest BCUT2D eigenvalue weighted by molar-refractivity contribution is -0.144. The molecule has 1 atom stereocenters. The van der Waals surface area contributed by atoms with Crippen molar-refractivity contribution < 1.29 is 19.4 Å². The van der Waals surface area contributed by atoms with Crippen LogP contribution in [0.3, 0.4) is 0 Å². The number of carbonyl (C=O) groups is 2. The summed E-state index contributed by atoms with van der Waals surface area (Å²) in [7, 11) is 1.66. The van der Waals surface area contributed by atoms with Crippen molar-refractivity contribution in [3.63, 3.8) is 0 Å². The molecule has 1 aliphatic rings. The van der Waals surface area contributed by atoms with E-state index < -0.39 is 5.97 Å². The Morgan fingerprint density at radius 3 is 2.21 bits per heavy atom. The zero-order valence-corrected chi connectivity index (χ0v) is 16.4. The van der Waals surface area contributed by atoms with Gasteiger partial charge in [-0.2, -0.15) is 0 Å². The topological polar surface area (TPSA) is 75.6 Å². The largest absolute Gasteiger partial charge is 0.496 e.